The number of nitrogens with one attached hydrogen (secondary N) is 1. The van der Waals surface area contributed by atoms with E-state index >= 15 is 0 Å². The summed E-state index contributed by atoms with van der Waals surface area (Å²) in [7, 11) is 0. The summed E-state index contributed by atoms with van der Waals surface area (Å²) < 4.78 is 1.74. The molecule has 1 aliphatic rings. The molecule has 2 aromatic rings. The summed E-state index contributed by atoms with van der Waals surface area (Å²) in [5.41, 5.74) is 0.350. The molecule has 0 aromatic carbocycles. The summed E-state index contributed by atoms with van der Waals surface area (Å²) >= 11 is 0. The average molecular weight is 257 g/mol. The van der Waals surface area contributed by atoms with Gasteiger partial charge in [-0.1, -0.05) is 6.42 Å². The molecule has 2 heterocycles. The molecular weight excluding hydrogens is 242 g/mol. The number of imidazole rings is 1. The molecule has 0 spiro atoms. The summed E-state index contributed by atoms with van der Waals surface area (Å²) in [6, 6.07) is 3.44. The minimum atomic E-state index is -0.156. The van der Waals surface area contributed by atoms with E-state index in [-0.39, 0.29) is 5.91 Å². The fourth-order valence-electron chi connectivity index (χ4n) is 2.00. The van der Waals surface area contributed by atoms with E-state index in [0.717, 1.165) is 6.54 Å². The molecule has 6 heteroatoms. The van der Waals surface area contributed by atoms with Gasteiger partial charge in [0.2, 0.25) is 0 Å². The molecule has 19 heavy (non-hydrogen) atoms. The van der Waals surface area contributed by atoms with Crippen LogP contribution in [0.15, 0.2) is 30.9 Å². The predicted molar refractivity (Wildman–Crippen MR) is 68.8 cm³/mol. The highest BCUT2D eigenvalue weighted by molar-refractivity contribution is 5.92. The van der Waals surface area contributed by atoms with Gasteiger partial charge >= 0.3 is 0 Å². The van der Waals surface area contributed by atoms with Gasteiger partial charge in [0.15, 0.2) is 11.5 Å². The fourth-order valence-corrected chi connectivity index (χ4v) is 2.00. The highest BCUT2D eigenvalue weighted by Gasteiger charge is 2.18. The smallest absolute Gasteiger partial charge is 0.271 e. The van der Waals surface area contributed by atoms with Crippen LogP contribution in [0.2, 0.25) is 0 Å². The third-order valence-corrected chi connectivity index (χ3v) is 3.43. The molecule has 0 saturated heterocycles. The summed E-state index contributed by atoms with van der Waals surface area (Å²) in [6.45, 7) is 0.740. The van der Waals surface area contributed by atoms with E-state index in [1.165, 1.54) is 19.3 Å². The molecule has 98 valence electrons. The Morgan fingerprint density at radius 3 is 2.84 bits per heavy atom. The first-order valence-electron chi connectivity index (χ1n) is 6.43. The van der Waals surface area contributed by atoms with Crippen LogP contribution in [0.25, 0.3) is 5.82 Å². The Morgan fingerprint density at radius 2 is 2.26 bits per heavy atom. The van der Waals surface area contributed by atoms with Crippen LogP contribution in [0.4, 0.5) is 0 Å². The van der Waals surface area contributed by atoms with Crippen molar-refractivity contribution in [1.29, 1.82) is 0 Å². The second kappa shape index (κ2) is 5.17. The third-order valence-electron chi connectivity index (χ3n) is 3.43. The number of nitrogens with zero attached hydrogens (tertiary/aromatic N) is 4. The Hall–Kier alpha value is -2.24. The van der Waals surface area contributed by atoms with Crippen LogP contribution in [-0.4, -0.2) is 32.2 Å². The molecule has 1 amide bonds. The molecule has 6 nitrogen and oxygen atoms in total. The van der Waals surface area contributed by atoms with Crippen molar-refractivity contribution in [2.24, 2.45) is 5.92 Å². The maximum atomic E-state index is 11.9. The largest absolute Gasteiger partial charge is 0.350 e. The molecular formula is C13H15N5O. The van der Waals surface area contributed by atoms with Crippen LogP contribution >= 0.6 is 0 Å². The maximum absolute atomic E-state index is 11.9. The fraction of sp³-hybridized carbons (Fsp3) is 0.385. The van der Waals surface area contributed by atoms with Crippen LogP contribution in [0.5, 0.6) is 0 Å². The number of hydrogen-bond acceptors (Lipinski definition) is 4. The van der Waals surface area contributed by atoms with E-state index in [2.05, 4.69) is 20.5 Å². The van der Waals surface area contributed by atoms with E-state index in [4.69, 9.17) is 0 Å². The number of aromatic nitrogens is 4. The minimum absolute atomic E-state index is 0.156. The Bertz CT molecular complexity index is 545. The SMILES string of the molecule is O=C(NCC1CCC1)c1ccc(-n2ccnc2)nn1. The van der Waals surface area contributed by atoms with E-state index in [9.17, 15) is 4.79 Å². The number of carbonyl (C=O) groups is 1. The molecule has 2 aromatic heterocycles. The number of rotatable bonds is 4. The Labute approximate surface area is 110 Å². The Morgan fingerprint density at radius 1 is 1.37 bits per heavy atom. The zero-order valence-electron chi connectivity index (χ0n) is 10.5. The molecule has 1 saturated carbocycles. The van der Waals surface area contributed by atoms with Crippen molar-refractivity contribution >= 4 is 5.91 Å². The molecule has 1 aliphatic carbocycles. The lowest BCUT2D eigenvalue weighted by atomic mass is 9.85. The minimum Gasteiger partial charge on any atom is -0.350 e. The molecule has 0 radical (unpaired) electrons. The summed E-state index contributed by atoms with van der Waals surface area (Å²) in [5, 5.41) is 10.9. The van der Waals surface area contributed by atoms with Gasteiger partial charge in [-0.15, -0.1) is 10.2 Å². The van der Waals surface area contributed by atoms with Crippen molar-refractivity contribution in [3.05, 3.63) is 36.5 Å². The van der Waals surface area contributed by atoms with Crippen LogP contribution in [0, 0.1) is 5.92 Å². The first kappa shape index (κ1) is 11.8. The first-order chi connectivity index (χ1) is 9.33. The monoisotopic (exact) mass is 257 g/mol. The topological polar surface area (TPSA) is 72.7 Å². The quantitative estimate of drug-likeness (QED) is 0.893. The molecule has 1 fully saturated rings. The second-order valence-electron chi connectivity index (χ2n) is 4.75. The average Bonchev–Trinajstić information content (AvgIpc) is 2.91. The van der Waals surface area contributed by atoms with Crippen molar-refractivity contribution in [2.75, 3.05) is 6.54 Å². The van der Waals surface area contributed by atoms with Crippen LogP contribution in [0.3, 0.4) is 0 Å². The van der Waals surface area contributed by atoms with Crippen molar-refractivity contribution < 1.29 is 4.79 Å². The zero-order valence-corrected chi connectivity index (χ0v) is 10.5. The normalized spacial score (nSPS) is 14.9. The molecule has 0 unspecified atom stereocenters. The Balaban J connectivity index is 1.63. The van der Waals surface area contributed by atoms with E-state index < -0.39 is 0 Å². The van der Waals surface area contributed by atoms with Gasteiger partial charge in [0.25, 0.3) is 5.91 Å². The first-order valence-corrected chi connectivity index (χ1v) is 6.43. The predicted octanol–water partition coefficient (Wildman–Crippen LogP) is 1.19. The van der Waals surface area contributed by atoms with Gasteiger partial charge in [0, 0.05) is 18.9 Å². The van der Waals surface area contributed by atoms with Gasteiger partial charge in [-0.2, -0.15) is 0 Å². The lowest BCUT2D eigenvalue weighted by Crippen LogP contribution is -2.32. The third kappa shape index (κ3) is 2.62. The van der Waals surface area contributed by atoms with E-state index in [0.29, 0.717) is 17.4 Å². The molecule has 3 rings (SSSR count). The van der Waals surface area contributed by atoms with Gasteiger partial charge < -0.3 is 5.32 Å². The van der Waals surface area contributed by atoms with Crippen molar-refractivity contribution in [3.8, 4) is 5.82 Å². The van der Waals surface area contributed by atoms with E-state index in [1.54, 1.807) is 35.4 Å². The second-order valence-corrected chi connectivity index (χ2v) is 4.75. The molecule has 1 N–H and O–H groups in total. The number of hydrogen-bond donors (Lipinski definition) is 1. The zero-order chi connectivity index (χ0) is 13.1. The highest BCUT2D eigenvalue weighted by atomic mass is 16.1. The number of carbonyl (C=O) groups excluding carboxylic acids is 1. The maximum Gasteiger partial charge on any atom is 0.271 e. The van der Waals surface area contributed by atoms with Gasteiger partial charge in [-0.25, -0.2) is 4.98 Å². The van der Waals surface area contributed by atoms with Crippen LogP contribution in [0.1, 0.15) is 29.8 Å². The van der Waals surface area contributed by atoms with Crippen LogP contribution in [-0.2, 0) is 0 Å². The van der Waals surface area contributed by atoms with Crippen molar-refractivity contribution in [2.45, 2.75) is 19.3 Å². The Kier molecular flexibility index (Phi) is 3.22. The molecule has 0 bridgehead atoms. The lowest BCUT2D eigenvalue weighted by Gasteiger charge is -2.25. The molecule has 0 atom stereocenters. The van der Waals surface area contributed by atoms with Crippen molar-refractivity contribution in [3.63, 3.8) is 0 Å². The van der Waals surface area contributed by atoms with Gasteiger partial charge in [-0.3, -0.25) is 9.36 Å². The van der Waals surface area contributed by atoms with Gasteiger partial charge in [0.1, 0.15) is 6.33 Å². The van der Waals surface area contributed by atoms with Gasteiger partial charge in [0.05, 0.1) is 0 Å². The summed E-state index contributed by atoms with van der Waals surface area (Å²) in [5.74, 6) is 1.13. The summed E-state index contributed by atoms with van der Waals surface area (Å²) in [4.78, 5) is 15.8. The van der Waals surface area contributed by atoms with Gasteiger partial charge in [-0.05, 0) is 30.9 Å². The van der Waals surface area contributed by atoms with E-state index in [1.807, 2.05) is 0 Å². The van der Waals surface area contributed by atoms with Crippen LogP contribution < -0.4 is 5.32 Å². The highest BCUT2D eigenvalue weighted by Crippen LogP contribution is 2.25. The molecule has 0 aliphatic heterocycles. The number of amides is 1. The van der Waals surface area contributed by atoms with Crippen molar-refractivity contribution in [1.82, 2.24) is 25.1 Å². The summed E-state index contributed by atoms with van der Waals surface area (Å²) in [6.07, 6.45) is 8.79. The lowest BCUT2D eigenvalue weighted by molar-refractivity contribution is 0.0933. The standard InChI is InChI=1S/C13H15N5O/c19-13(15-8-10-2-1-3-10)11-4-5-12(17-16-11)18-7-6-14-9-18/h4-7,9-10H,1-3,8H2,(H,15,19).